The van der Waals surface area contributed by atoms with E-state index in [1.54, 1.807) is 95.9 Å². The number of rotatable bonds is 14. The largest absolute Gasteiger partial charge is 0.573 e. The van der Waals surface area contributed by atoms with Gasteiger partial charge in [-0.25, -0.2) is 0 Å². The fourth-order valence-corrected chi connectivity index (χ4v) is 6.27. The van der Waals surface area contributed by atoms with E-state index in [1.807, 2.05) is 0 Å². The molecule has 0 spiro atoms. The van der Waals surface area contributed by atoms with Gasteiger partial charge in [-0.1, -0.05) is 97.1 Å². The van der Waals surface area contributed by atoms with Gasteiger partial charge in [0.25, 0.3) is 0 Å². The van der Waals surface area contributed by atoms with Crippen molar-refractivity contribution >= 4 is 53.5 Å². The Morgan fingerprint density at radius 2 is 0.522 bits per heavy atom. The molecule has 0 aliphatic rings. The highest BCUT2D eigenvalue weighted by Crippen LogP contribution is 2.40. The van der Waals surface area contributed by atoms with Gasteiger partial charge in [0.05, 0.1) is 0 Å². The molecular weight excluding hydrogens is 956 g/mol. The Labute approximate surface area is 381 Å². The molecule has 0 fully saturated rings. The standard InChI is InChI=1S/C48H30F15NO5/c1-29-2-3-33(26-41(29)67-46(55,56)57)7-4-30-10-18-36(19-11-30)64(37-20-12-31(13-21-37)5-8-34-16-24-39(65-44(49,50)51)42(27-34)68-47(58,59)60)38-22-14-32(15-23-38)6-9-35-17-25-40(66-45(52,53)54)43(28-35)69-48(61,62)63/h2-28H,1H3/b7-4+,8-5+,9-6+. The Kier molecular flexibility index (Phi) is 14.9. The Balaban J connectivity index is 1.29. The van der Waals surface area contributed by atoms with Gasteiger partial charge in [-0.2, -0.15) is 0 Å². The van der Waals surface area contributed by atoms with Crippen LogP contribution in [-0.4, -0.2) is 31.8 Å². The summed E-state index contributed by atoms with van der Waals surface area (Å²) in [5.41, 5.74) is 4.03. The van der Waals surface area contributed by atoms with Crippen LogP contribution in [0.15, 0.2) is 127 Å². The van der Waals surface area contributed by atoms with Crippen molar-refractivity contribution in [2.45, 2.75) is 38.7 Å². The maximum Gasteiger partial charge on any atom is 0.573 e. The summed E-state index contributed by atoms with van der Waals surface area (Å²) in [7, 11) is 0. The Morgan fingerprint density at radius 3 is 0.826 bits per heavy atom. The molecule has 0 radical (unpaired) electrons. The zero-order valence-electron chi connectivity index (χ0n) is 34.7. The van der Waals surface area contributed by atoms with Crippen molar-refractivity contribution in [2.24, 2.45) is 0 Å². The molecule has 0 heterocycles. The van der Waals surface area contributed by atoms with Crippen LogP contribution in [0.4, 0.5) is 82.9 Å². The molecule has 21 heteroatoms. The van der Waals surface area contributed by atoms with Gasteiger partial charge in [0.1, 0.15) is 5.75 Å². The van der Waals surface area contributed by atoms with E-state index in [0.29, 0.717) is 63.6 Å². The van der Waals surface area contributed by atoms with Crippen LogP contribution in [0.3, 0.4) is 0 Å². The first kappa shape index (κ1) is 50.7. The molecular formula is C48H30F15NO5. The minimum absolute atomic E-state index is 0.0257. The monoisotopic (exact) mass is 985 g/mol. The fraction of sp³-hybridized carbons (Fsp3) is 0.125. The first-order chi connectivity index (χ1) is 32.1. The third-order valence-electron chi connectivity index (χ3n) is 9.13. The van der Waals surface area contributed by atoms with E-state index < -0.39 is 54.8 Å². The summed E-state index contributed by atoms with van der Waals surface area (Å²) >= 11 is 0. The van der Waals surface area contributed by atoms with Crippen LogP contribution in [0.2, 0.25) is 0 Å². The SMILES string of the molecule is Cc1ccc(/C=C/c2ccc(N(c3ccc(/C=C/c4ccc(OC(F)(F)F)c(OC(F)(F)F)c4)cc3)c3ccc(/C=C/c4ccc(OC(F)(F)F)c(OC(F)(F)F)c4)cc3)cc2)cc1OC(F)(F)F. The predicted molar refractivity (Wildman–Crippen MR) is 225 cm³/mol. The molecule has 362 valence electrons. The number of nitrogens with zero attached hydrogens (tertiary/aromatic N) is 1. The zero-order chi connectivity index (χ0) is 50.4. The summed E-state index contributed by atoms with van der Waals surface area (Å²) in [6, 6.07) is 29.3. The fourth-order valence-electron chi connectivity index (χ4n) is 6.27. The van der Waals surface area contributed by atoms with Gasteiger partial charge in [0, 0.05) is 17.1 Å². The molecule has 0 amide bonds. The number of ether oxygens (including phenoxy) is 5. The summed E-state index contributed by atoms with van der Waals surface area (Å²) in [4.78, 5) is 1.79. The molecule has 0 N–H and O–H groups in total. The molecule has 0 saturated heterocycles. The van der Waals surface area contributed by atoms with E-state index >= 15 is 0 Å². The van der Waals surface area contributed by atoms with Crippen molar-refractivity contribution in [3.8, 4) is 28.7 Å². The number of alkyl halides is 15. The molecule has 6 nitrogen and oxygen atoms in total. The second kappa shape index (κ2) is 20.3. The molecule has 0 bridgehead atoms. The van der Waals surface area contributed by atoms with Crippen molar-refractivity contribution in [3.63, 3.8) is 0 Å². The maximum atomic E-state index is 13.0. The molecule has 6 aromatic carbocycles. The van der Waals surface area contributed by atoms with Crippen LogP contribution in [0.5, 0.6) is 28.7 Å². The number of hydrogen-bond acceptors (Lipinski definition) is 6. The van der Waals surface area contributed by atoms with E-state index in [4.69, 9.17) is 0 Å². The van der Waals surface area contributed by atoms with Gasteiger partial charge in [-0.15, -0.1) is 65.9 Å². The summed E-state index contributed by atoms with van der Waals surface area (Å²) in [5, 5.41) is 0. The van der Waals surface area contributed by atoms with Gasteiger partial charge in [-0.05, 0) is 113 Å². The molecule has 0 atom stereocenters. The lowest BCUT2D eigenvalue weighted by Crippen LogP contribution is -2.21. The third-order valence-corrected chi connectivity index (χ3v) is 9.13. The van der Waals surface area contributed by atoms with Crippen molar-refractivity contribution in [2.75, 3.05) is 4.90 Å². The predicted octanol–water partition coefficient (Wildman–Crippen LogP) is 16.5. The van der Waals surface area contributed by atoms with Gasteiger partial charge in [0.15, 0.2) is 23.0 Å². The molecule has 6 aromatic rings. The van der Waals surface area contributed by atoms with Gasteiger partial charge >= 0.3 is 31.8 Å². The van der Waals surface area contributed by atoms with Crippen molar-refractivity contribution in [3.05, 3.63) is 166 Å². The Hall–Kier alpha value is -7.71. The van der Waals surface area contributed by atoms with E-state index in [2.05, 4.69) is 23.7 Å². The minimum atomic E-state index is -5.33. The lowest BCUT2D eigenvalue weighted by molar-refractivity contribution is -0.287. The first-order valence-corrected chi connectivity index (χ1v) is 19.5. The summed E-state index contributed by atoms with van der Waals surface area (Å²) in [6.07, 6.45) is -17.3. The van der Waals surface area contributed by atoms with E-state index in [0.717, 1.165) is 12.1 Å². The molecule has 69 heavy (non-hydrogen) atoms. The molecule has 6 rings (SSSR count). The van der Waals surface area contributed by atoms with Crippen LogP contribution in [0, 0.1) is 6.92 Å². The van der Waals surface area contributed by atoms with Crippen LogP contribution < -0.4 is 28.6 Å². The van der Waals surface area contributed by atoms with Crippen LogP contribution in [-0.2, 0) is 0 Å². The van der Waals surface area contributed by atoms with E-state index in [9.17, 15) is 65.9 Å². The van der Waals surface area contributed by atoms with Gasteiger partial charge in [0.2, 0.25) is 0 Å². The van der Waals surface area contributed by atoms with E-state index in [1.165, 1.54) is 43.4 Å². The highest BCUT2D eigenvalue weighted by Gasteiger charge is 2.38. The first-order valence-electron chi connectivity index (χ1n) is 19.5. The van der Waals surface area contributed by atoms with E-state index in [-0.39, 0.29) is 22.4 Å². The smallest absolute Gasteiger partial charge is 0.405 e. The third kappa shape index (κ3) is 16.0. The van der Waals surface area contributed by atoms with Gasteiger partial charge in [-0.3, -0.25) is 0 Å². The average molecular weight is 986 g/mol. The highest BCUT2D eigenvalue weighted by atomic mass is 19.4. The second-order valence-electron chi connectivity index (χ2n) is 14.3. The van der Waals surface area contributed by atoms with Crippen molar-refractivity contribution in [1.29, 1.82) is 0 Å². The lowest BCUT2D eigenvalue weighted by Gasteiger charge is -2.26. The normalized spacial score (nSPS) is 12.8. The van der Waals surface area contributed by atoms with Gasteiger partial charge < -0.3 is 28.6 Å². The van der Waals surface area contributed by atoms with Crippen LogP contribution in [0.25, 0.3) is 36.5 Å². The zero-order valence-corrected chi connectivity index (χ0v) is 34.7. The Bertz CT molecular complexity index is 2660. The number of halogens is 15. The molecule has 0 unspecified atom stereocenters. The van der Waals surface area contributed by atoms with Crippen molar-refractivity contribution < 1.29 is 89.5 Å². The molecule has 0 saturated carbocycles. The Morgan fingerprint density at radius 1 is 0.290 bits per heavy atom. The number of benzene rings is 6. The topological polar surface area (TPSA) is 49.4 Å². The van der Waals surface area contributed by atoms with Crippen LogP contribution >= 0.6 is 0 Å². The summed E-state index contributed by atoms with van der Waals surface area (Å²) in [6.45, 7) is 1.46. The lowest BCUT2D eigenvalue weighted by atomic mass is 10.1. The van der Waals surface area contributed by atoms with Crippen LogP contribution in [0.1, 0.15) is 38.9 Å². The summed E-state index contributed by atoms with van der Waals surface area (Å²) in [5.74, 6) is -5.24. The average Bonchev–Trinajstić information content (AvgIpc) is 3.23. The highest BCUT2D eigenvalue weighted by molar-refractivity contribution is 5.81. The molecule has 0 aromatic heterocycles. The summed E-state index contributed by atoms with van der Waals surface area (Å²) < 4.78 is 213. The molecule has 0 aliphatic heterocycles. The number of anilines is 3. The molecule has 0 aliphatic carbocycles. The minimum Gasteiger partial charge on any atom is -0.405 e. The number of hydrogen-bond donors (Lipinski definition) is 0. The number of aryl methyl sites for hydroxylation is 1. The second-order valence-corrected chi connectivity index (χ2v) is 14.3. The maximum absolute atomic E-state index is 13.0. The quantitative estimate of drug-likeness (QED) is 0.0801. The van der Waals surface area contributed by atoms with Crippen molar-refractivity contribution in [1.82, 2.24) is 0 Å².